The van der Waals surface area contributed by atoms with Gasteiger partial charge in [0.1, 0.15) is 12.6 Å². The average molecular weight is 545 g/mol. The molecule has 9 nitrogen and oxygen atoms in total. The van der Waals surface area contributed by atoms with Crippen LogP contribution in [0.25, 0.3) is 0 Å². The van der Waals surface area contributed by atoms with Gasteiger partial charge in [-0.1, -0.05) is 48.1 Å². The monoisotopic (exact) mass is 544 g/mol. The Balaban J connectivity index is 1.35. The number of carbonyl (C=O) groups excluding carboxylic acids is 3. The van der Waals surface area contributed by atoms with Gasteiger partial charge in [-0.25, -0.2) is 0 Å². The maximum Gasteiger partial charge on any atom is 0.238 e. The van der Waals surface area contributed by atoms with E-state index in [0.29, 0.717) is 52.2 Å². The molecular formula is C31H36N4O5. The first-order valence-electron chi connectivity index (χ1n) is 13.4. The Kier molecular flexibility index (Phi) is 12.7. The largest absolute Gasteiger partial charge is 0.377 e. The zero-order valence-corrected chi connectivity index (χ0v) is 22.6. The number of carbonyl (C=O) groups is 3. The summed E-state index contributed by atoms with van der Waals surface area (Å²) in [6.07, 6.45) is 6.71. The molecule has 3 rings (SSSR count). The summed E-state index contributed by atoms with van der Waals surface area (Å²) in [7, 11) is 0. The van der Waals surface area contributed by atoms with E-state index in [9.17, 15) is 14.4 Å². The Morgan fingerprint density at radius 2 is 1.65 bits per heavy atom. The molecule has 0 fully saturated rings. The number of ether oxygens (including phenoxy) is 2. The molecule has 40 heavy (non-hydrogen) atoms. The summed E-state index contributed by atoms with van der Waals surface area (Å²) in [5, 5.41) is 5.35. The fourth-order valence-electron chi connectivity index (χ4n) is 4.04. The van der Waals surface area contributed by atoms with Crippen LogP contribution in [-0.4, -0.2) is 63.3 Å². The predicted octanol–water partition coefficient (Wildman–Crippen LogP) is 1.72. The molecule has 9 heteroatoms. The quantitative estimate of drug-likeness (QED) is 0.232. The van der Waals surface area contributed by atoms with Crippen molar-refractivity contribution >= 4 is 23.4 Å². The summed E-state index contributed by atoms with van der Waals surface area (Å²) in [6.45, 7) is 2.06. The van der Waals surface area contributed by atoms with Crippen molar-refractivity contribution in [2.45, 2.75) is 38.3 Å². The van der Waals surface area contributed by atoms with Gasteiger partial charge < -0.3 is 30.7 Å². The number of nitrogens with zero attached hydrogens (tertiary/aromatic N) is 1. The molecule has 0 saturated heterocycles. The first-order valence-corrected chi connectivity index (χ1v) is 13.4. The van der Waals surface area contributed by atoms with Crippen molar-refractivity contribution in [1.29, 1.82) is 0 Å². The highest BCUT2D eigenvalue weighted by atomic mass is 16.5. The van der Waals surface area contributed by atoms with E-state index in [4.69, 9.17) is 21.6 Å². The van der Waals surface area contributed by atoms with Crippen LogP contribution in [0.1, 0.15) is 42.4 Å². The zero-order chi connectivity index (χ0) is 28.6. The van der Waals surface area contributed by atoms with Crippen LogP contribution in [-0.2, 0) is 30.4 Å². The Labute approximate surface area is 235 Å². The minimum absolute atomic E-state index is 0.0193. The van der Waals surface area contributed by atoms with Crippen LogP contribution in [0.3, 0.4) is 0 Å². The number of amides is 3. The third-order valence-corrected chi connectivity index (χ3v) is 6.18. The predicted molar refractivity (Wildman–Crippen MR) is 153 cm³/mol. The topological polar surface area (TPSA) is 123 Å². The molecule has 1 heterocycles. The van der Waals surface area contributed by atoms with Crippen LogP contribution in [0.5, 0.6) is 0 Å². The van der Waals surface area contributed by atoms with E-state index in [1.807, 2.05) is 48.5 Å². The fraction of sp³-hybridized carbons (Fsp3) is 0.387. The van der Waals surface area contributed by atoms with E-state index in [2.05, 4.69) is 28.4 Å². The van der Waals surface area contributed by atoms with E-state index < -0.39 is 6.04 Å². The molecule has 0 radical (unpaired) electrons. The summed E-state index contributed by atoms with van der Waals surface area (Å²) in [6, 6.07) is 14.6. The van der Waals surface area contributed by atoms with Crippen LogP contribution in [0.15, 0.2) is 48.5 Å². The highest BCUT2D eigenvalue weighted by Gasteiger charge is 2.21. The highest BCUT2D eigenvalue weighted by Crippen LogP contribution is 2.26. The number of hydrogen-bond acceptors (Lipinski definition) is 6. The Morgan fingerprint density at radius 3 is 2.48 bits per heavy atom. The summed E-state index contributed by atoms with van der Waals surface area (Å²) in [5.41, 5.74) is 9.38. The number of benzene rings is 2. The molecule has 1 aliphatic heterocycles. The van der Waals surface area contributed by atoms with E-state index >= 15 is 0 Å². The molecule has 0 aliphatic carbocycles. The van der Waals surface area contributed by atoms with Gasteiger partial charge in [0.2, 0.25) is 17.7 Å². The SMILES string of the molecule is C#CCOCCOCCNC(=O)C(N)CNC(=O)CCCCC(=O)N1Cc2ccccc2C#Cc2ccccc21. The lowest BCUT2D eigenvalue weighted by molar-refractivity contribution is -0.124. The molecule has 210 valence electrons. The molecule has 0 saturated carbocycles. The lowest BCUT2D eigenvalue weighted by atomic mass is 10.0. The van der Waals surface area contributed by atoms with E-state index in [0.717, 1.165) is 22.4 Å². The van der Waals surface area contributed by atoms with Gasteiger partial charge in [0.25, 0.3) is 0 Å². The molecule has 1 aliphatic rings. The summed E-state index contributed by atoms with van der Waals surface area (Å²) in [5.74, 6) is 8.15. The Hall–Kier alpha value is -4.15. The van der Waals surface area contributed by atoms with Gasteiger partial charge in [-0.15, -0.1) is 6.42 Å². The van der Waals surface area contributed by atoms with Gasteiger partial charge in [0, 0.05) is 37.1 Å². The van der Waals surface area contributed by atoms with Gasteiger partial charge in [0.15, 0.2) is 0 Å². The summed E-state index contributed by atoms with van der Waals surface area (Å²) in [4.78, 5) is 39.4. The minimum Gasteiger partial charge on any atom is -0.377 e. The number of hydrogen-bond donors (Lipinski definition) is 3. The lowest BCUT2D eigenvalue weighted by Gasteiger charge is -2.26. The maximum absolute atomic E-state index is 13.3. The lowest BCUT2D eigenvalue weighted by Crippen LogP contribution is -2.48. The Morgan fingerprint density at radius 1 is 0.950 bits per heavy atom. The highest BCUT2D eigenvalue weighted by molar-refractivity contribution is 5.95. The van der Waals surface area contributed by atoms with E-state index in [-0.39, 0.29) is 37.3 Å². The van der Waals surface area contributed by atoms with Crippen molar-refractivity contribution in [2.75, 3.05) is 44.4 Å². The van der Waals surface area contributed by atoms with E-state index in [1.165, 1.54) is 0 Å². The third-order valence-electron chi connectivity index (χ3n) is 6.18. The second kappa shape index (κ2) is 16.7. The van der Waals surface area contributed by atoms with Gasteiger partial charge in [0.05, 0.1) is 32.1 Å². The zero-order valence-electron chi connectivity index (χ0n) is 22.6. The Bertz CT molecular complexity index is 1260. The van der Waals surface area contributed by atoms with Crippen molar-refractivity contribution < 1.29 is 23.9 Å². The summed E-state index contributed by atoms with van der Waals surface area (Å²) >= 11 is 0. The first kappa shape index (κ1) is 30.4. The van der Waals surface area contributed by atoms with Gasteiger partial charge in [-0.2, -0.15) is 0 Å². The van der Waals surface area contributed by atoms with Crippen LogP contribution in [0.2, 0.25) is 0 Å². The average Bonchev–Trinajstić information content (AvgIpc) is 2.96. The first-order chi connectivity index (χ1) is 19.5. The normalized spacial score (nSPS) is 12.3. The molecule has 1 atom stereocenters. The van der Waals surface area contributed by atoms with Gasteiger partial charge in [-0.3, -0.25) is 14.4 Å². The van der Waals surface area contributed by atoms with Crippen molar-refractivity contribution in [3.05, 3.63) is 65.2 Å². The fourth-order valence-corrected chi connectivity index (χ4v) is 4.04. The molecule has 2 aromatic carbocycles. The van der Waals surface area contributed by atoms with Crippen LogP contribution in [0.4, 0.5) is 5.69 Å². The number of fused-ring (bicyclic) bond motifs is 2. The molecule has 4 N–H and O–H groups in total. The van der Waals surface area contributed by atoms with Gasteiger partial charge in [-0.05, 0) is 36.6 Å². The molecular weight excluding hydrogens is 508 g/mol. The van der Waals surface area contributed by atoms with Crippen molar-refractivity contribution in [3.63, 3.8) is 0 Å². The van der Waals surface area contributed by atoms with Crippen LogP contribution in [0, 0.1) is 24.2 Å². The number of terminal acetylenes is 1. The molecule has 2 aromatic rings. The standard InChI is InChI=1S/C31H36N4O5/c1-2-18-39-20-21-40-19-17-33-31(38)27(32)22-34-29(36)13-7-8-14-30(37)35-23-26-11-4-3-9-24(26)15-16-25-10-5-6-12-28(25)35/h1,3-6,9-12,27H,7-8,13-14,17-23,32H2,(H,33,38)(H,34,36). The molecule has 3 amide bonds. The number of unbranched alkanes of at least 4 members (excludes halogenated alkanes) is 1. The van der Waals surface area contributed by atoms with Crippen LogP contribution >= 0.6 is 0 Å². The number of rotatable bonds is 15. The number of anilines is 1. The molecule has 0 bridgehead atoms. The second-order valence-corrected chi connectivity index (χ2v) is 9.18. The van der Waals surface area contributed by atoms with Crippen molar-refractivity contribution in [2.24, 2.45) is 5.73 Å². The second-order valence-electron chi connectivity index (χ2n) is 9.18. The van der Waals surface area contributed by atoms with Crippen molar-refractivity contribution in [3.8, 4) is 24.2 Å². The van der Waals surface area contributed by atoms with E-state index in [1.54, 1.807) is 4.90 Å². The number of nitrogens with two attached hydrogens (primary N) is 1. The molecule has 0 aromatic heterocycles. The maximum atomic E-state index is 13.3. The van der Waals surface area contributed by atoms with Crippen molar-refractivity contribution in [1.82, 2.24) is 10.6 Å². The molecule has 1 unspecified atom stereocenters. The third kappa shape index (κ3) is 9.87. The van der Waals surface area contributed by atoms with Gasteiger partial charge >= 0.3 is 0 Å². The van der Waals surface area contributed by atoms with Crippen LogP contribution < -0.4 is 21.3 Å². The number of nitrogens with one attached hydrogen (secondary N) is 2. The number of para-hydroxylation sites is 1. The minimum atomic E-state index is -0.873. The molecule has 0 spiro atoms. The smallest absolute Gasteiger partial charge is 0.238 e. The summed E-state index contributed by atoms with van der Waals surface area (Å²) < 4.78 is 10.4.